The monoisotopic (exact) mass is 517 g/mol. The van der Waals surface area contributed by atoms with E-state index in [0.717, 1.165) is 64.9 Å². The molecule has 4 aliphatic rings. The lowest BCUT2D eigenvalue weighted by Gasteiger charge is -2.38. The maximum Gasteiger partial charge on any atom is 0.254 e. The van der Waals surface area contributed by atoms with Crippen molar-refractivity contribution in [1.82, 2.24) is 19.4 Å². The van der Waals surface area contributed by atoms with Gasteiger partial charge >= 0.3 is 0 Å². The Kier molecular flexibility index (Phi) is 4.80. The molecule has 4 heterocycles. The molecule has 8 rings (SSSR count). The van der Waals surface area contributed by atoms with Gasteiger partial charge in [-0.15, -0.1) is 0 Å². The highest BCUT2D eigenvalue weighted by molar-refractivity contribution is 5.97. The average molecular weight is 518 g/mol. The summed E-state index contributed by atoms with van der Waals surface area (Å²) in [5.74, 6) is 2.34. The molecule has 2 aromatic carbocycles. The van der Waals surface area contributed by atoms with E-state index in [-0.39, 0.29) is 23.5 Å². The summed E-state index contributed by atoms with van der Waals surface area (Å²) in [7, 11) is 1.94. The van der Waals surface area contributed by atoms with Gasteiger partial charge in [-0.3, -0.25) is 9.78 Å². The fraction of sp³-hybridized carbons (Fsp3) is 0.424. The first kappa shape index (κ1) is 23.4. The number of nitrogens with zero attached hydrogens (tertiary/aromatic N) is 4. The SMILES string of the molecule is CCc1cc(-c2ccc3nc4n(c3c2)[C@@H]2C[C@H]4N(C)C(=O)c3cccc([C@H]4C[C@@H]4C)c32)cnc1C1(N)CCC1. The van der Waals surface area contributed by atoms with Gasteiger partial charge in [-0.2, -0.15) is 0 Å². The number of fused-ring (bicyclic) bond motifs is 9. The van der Waals surface area contributed by atoms with E-state index in [1.54, 1.807) is 0 Å². The predicted molar refractivity (Wildman–Crippen MR) is 153 cm³/mol. The van der Waals surface area contributed by atoms with Crippen LogP contribution in [0.25, 0.3) is 22.2 Å². The van der Waals surface area contributed by atoms with E-state index in [1.165, 1.54) is 29.5 Å². The third-order valence-electron chi connectivity index (χ3n) is 10.2. The quantitative estimate of drug-likeness (QED) is 0.348. The molecule has 0 radical (unpaired) electrons. The van der Waals surface area contributed by atoms with Crippen LogP contribution < -0.4 is 5.73 Å². The first-order valence-electron chi connectivity index (χ1n) is 14.6. The van der Waals surface area contributed by atoms with Crippen molar-refractivity contribution in [1.29, 1.82) is 0 Å². The largest absolute Gasteiger partial charge is 0.331 e. The van der Waals surface area contributed by atoms with Gasteiger partial charge in [0.15, 0.2) is 0 Å². The zero-order chi connectivity index (χ0) is 26.6. The van der Waals surface area contributed by atoms with E-state index >= 15 is 0 Å². The van der Waals surface area contributed by atoms with Crippen LogP contribution in [0.15, 0.2) is 48.7 Å². The van der Waals surface area contributed by atoms with Crippen LogP contribution in [-0.4, -0.2) is 32.4 Å². The molecular formula is C33H35N5O. The molecule has 1 amide bonds. The van der Waals surface area contributed by atoms with Crippen LogP contribution in [0.2, 0.25) is 0 Å². The van der Waals surface area contributed by atoms with E-state index < -0.39 is 0 Å². The van der Waals surface area contributed by atoms with E-state index in [2.05, 4.69) is 54.8 Å². The predicted octanol–water partition coefficient (Wildman–Crippen LogP) is 6.24. The lowest BCUT2D eigenvalue weighted by atomic mass is 9.73. The van der Waals surface area contributed by atoms with Crippen molar-refractivity contribution in [3.63, 3.8) is 0 Å². The van der Waals surface area contributed by atoms with Crippen LogP contribution in [-0.2, 0) is 12.0 Å². The summed E-state index contributed by atoms with van der Waals surface area (Å²) in [4.78, 5) is 25.6. The number of aromatic nitrogens is 3. The fourth-order valence-electron chi connectivity index (χ4n) is 7.59. The van der Waals surface area contributed by atoms with Crippen LogP contribution >= 0.6 is 0 Å². The lowest BCUT2D eigenvalue weighted by molar-refractivity contribution is 0.0734. The van der Waals surface area contributed by atoms with Gasteiger partial charge in [0.05, 0.1) is 34.3 Å². The average Bonchev–Trinajstić information content (AvgIpc) is 3.42. The Morgan fingerprint density at radius 2 is 1.90 bits per heavy atom. The molecule has 0 unspecified atom stereocenters. The highest BCUT2D eigenvalue weighted by Crippen LogP contribution is 2.54. The number of aryl methyl sites for hydroxylation is 1. The number of imidazole rings is 1. The van der Waals surface area contributed by atoms with Gasteiger partial charge in [0, 0.05) is 30.8 Å². The first-order valence-corrected chi connectivity index (χ1v) is 14.6. The minimum atomic E-state index is -0.260. The number of benzene rings is 2. The summed E-state index contributed by atoms with van der Waals surface area (Å²) >= 11 is 0. The van der Waals surface area contributed by atoms with Crippen molar-refractivity contribution >= 4 is 16.9 Å². The Bertz CT molecular complexity index is 1680. The number of hydrogen-bond acceptors (Lipinski definition) is 4. The molecule has 39 heavy (non-hydrogen) atoms. The Morgan fingerprint density at radius 1 is 1.08 bits per heavy atom. The molecule has 2 bridgehead atoms. The highest BCUT2D eigenvalue weighted by Gasteiger charge is 2.47. The highest BCUT2D eigenvalue weighted by atomic mass is 16.2. The zero-order valence-electron chi connectivity index (χ0n) is 22.9. The molecule has 0 saturated heterocycles. The van der Waals surface area contributed by atoms with Crippen molar-refractivity contribution in [3.8, 4) is 11.1 Å². The number of carbonyl (C=O) groups excluding carboxylic acids is 1. The summed E-state index contributed by atoms with van der Waals surface area (Å²) in [5.41, 5.74) is 16.6. The van der Waals surface area contributed by atoms with E-state index in [0.29, 0.717) is 11.8 Å². The van der Waals surface area contributed by atoms with Crippen LogP contribution in [0.5, 0.6) is 0 Å². The van der Waals surface area contributed by atoms with Gasteiger partial charge in [0.25, 0.3) is 5.91 Å². The molecule has 6 heteroatoms. The molecule has 2 fully saturated rings. The van der Waals surface area contributed by atoms with Gasteiger partial charge in [0.2, 0.25) is 0 Å². The smallest absolute Gasteiger partial charge is 0.254 e. The summed E-state index contributed by atoms with van der Waals surface area (Å²) in [5, 5.41) is 0. The Hall–Kier alpha value is -3.51. The van der Waals surface area contributed by atoms with Crippen LogP contribution in [0.1, 0.15) is 103 Å². The molecular weight excluding hydrogens is 482 g/mol. The van der Waals surface area contributed by atoms with E-state index in [4.69, 9.17) is 15.7 Å². The topological polar surface area (TPSA) is 77.0 Å². The van der Waals surface area contributed by atoms with Crippen molar-refractivity contribution in [2.45, 2.75) is 75.9 Å². The number of rotatable bonds is 4. The number of pyridine rings is 1. The third-order valence-corrected chi connectivity index (χ3v) is 10.2. The summed E-state index contributed by atoms with van der Waals surface area (Å²) < 4.78 is 2.44. The lowest BCUT2D eigenvalue weighted by Crippen LogP contribution is -2.44. The van der Waals surface area contributed by atoms with Gasteiger partial charge in [-0.1, -0.05) is 32.0 Å². The van der Waals surface area contributed by atoms with Crippen molar-refractivity contribution in [2.24, 2.45) is 11.7 Å². The van der Waals surface area contributed by atoms with Crippen molar-refractivity contribution < 1.29 is 4.79 Å². The molecule has 4 aromatic rings. The van der Waals surface area contributed by atoms with Gasteiger partial charge in [-0.25, -0.2) is 4.98 Å². The normalized spacial score (nSPS) is 26.3. The minimum Gasteiger partial charge on any atom is -0.331 e. The molecule has 2 aliphatic heterocycles. The standard InChI is InChI=1S/C33H35N5O/c1-4-19-14-21(17-35-30(19)33(34)11-6-12-33)20-9-10-25-26(15-20)38-27-16-28(31(38)36-25)37(3)32(39)23-8-5-7-22(29(23)27)24-13-18(24)2/h5,7-10,14-15,17-18,24,27-28H,4,6,11-13,16,34H2,1-3H3/t18-,24-,27+,28+/m0/s1. The molecule has 0 spiro atoms. The van der Waals surface area contributed by atoms with Gasteiger partial charge in [0.1, 0.15) is 5.82 Å². The maximum atomic E-state index is 13.6. The summed E-state index contributed by atoms with van der Waals surface area (Å²) in [6.07, 6.45) is 8.21. The Morgan fingerprint density at radius 3 is 2.62 bits per heavy atom. The fourth-order valence-corrected chi connectivity index (χ4v) is 7.59. The zero-order valence-corrected chi connectivity index (χ0v) is 22.9. The molecule has 198 valence electrons. The van der Waals surface area contributed by atoms with Crippen molar-refractivity contribution in [2.75, 3.05) is 7.05 Å². The Labute approximate surface area is 229 Å². The summed E-state index contributed by atoms with van der Waals surface area (Å²) in [6, 6.07) is 15.3. The van der Waals surface area contributed by atoms with Crippen LogP contribution in [0.4, 0.5) is 0 Å². The molecule has 6 nitrogen and oxygen atoms in total. The Balaban J connectivity index is 1.29. The minimum absolute atomic E-state index is 0.0221. The second-order valence-corrected chi connectivity index (χ2v) is 12.4. The number of amides is 1. The van der Waals surface area contributed by atoms with Gasteiger partial charge in [-0.05, 0) is 90.5 Å². The second kappa shape index (κ2) is 8.01. The molecule has 2 aromatic heterocycles. The van der Waals surface area contributed by atoms with Crippen molar-refractivity contribution in [3.05, 3.63) is 82.4 Å². The number of carbonyl (C=O) groups is 1. The van der Waals surface area contributed by atoms with Crippen LogP contribution in [0, 0.1) is 5.92 Å². The van der Waals surface area contributed by atoms with E-state index in [1.807, 2.05) is 24.2 Å². The van der Waals surface area contributed by atoms with Crippen LogP contribution in [0.3, 0.4) is 0 Å². The maximum absolute atomic E-state index is 13.6. The van der Waals surface area contributed by atoms with Gasteiger partial charge < -0.3 is 15.2 Å². The molecule has 2 N–H and O–H groups in total. The molecule has 2 saturated carbocycles. The second-order valence-electron chi connectivity index (χ2n) is 12.4. The number of nitrogens with two attached hydrogens (primary N) is 1. The summed E-state index contributed by atoms with van der Waals surface area (Å²) in [6.45, 7) is 4.51. The molecule has 4 atom stereocenters. The first-order chi connectivity index (χ1) is 18.9. The van der Waals surface area contributed by atoms with E-state index in [9.17, 15) is 4.79 Å². The molecule has 2 aliphatic carbocycles. The number of hydrogen-bond donors (Lipinski definition) is 1. The third kappa shape index (κ3) is 3.21.